The summed E-state index contributed by atoms with van der Waals surface area (Å²) in [7, 11) is -0.797. The van der Waals surface area contributed by atoms with Crippen LogP contribution in [-0.2, 0) is 14.8 Å². The van der Waals surface area contributed by atoms with Gasteiger partial charge in [0.2, 0.25) is 15.9 Å². The molecule has 0 bridgehead atoms. The summed E-state index contributed by atoms with van der Waals surface area (Å²) < 4.78 is 37.2. The first-order chi connectivity index (χ1) is 11.9. The zero-order chi connectivity index (χ0) is 18.7. The smallest absolute Gasteiger partial charge is 0.240 e. The Labute approximate surface area is 150 Å². The molecule has 1 amide bonds. The Morgan fingerprint density at radius 2 is 1.76 bits per heavy atom. The third-order valence-corrected chi connectivity index (χ3v) is 5.12. The molecule has 1 aromatic carbocycles. The molecule has 25 heavy (non-hydrogen) atoms. The van der Waals surface area contributed by atoms with Crippen LogP contribution in [0.2, 0.25) is 0 Å². The predicted octanol–water partition coefficient (Wildman–Crippen LogP) is 2.07. The Morgan fingerprint density at radius 3 is 2.40 bits per heavy atom. The number of sulfonamides is 1. The standard InChI is InChI=1S/C17H28N2O5S/c1-4-5-6-7-11-18-17(20)10-12-19-25(21,22)14-8-9-15(23-2)16(13-14)24-3/h8-9,13,19H,4-7,10-12H2,1-3H3,(H,18,20). The van der Waals surface area contributed by atoms with E-state index in [1.165, 1.54) is 32.4 Å². The highest BCUT2D eigenvalue weighted by molar-refractivity contribution is 7.89. The number of benzene rings is 1. The Kier molecular flexibility index (Phi) is 9.30. The van der Waals surface area contributed by atoms with Crippen LogP contribution in [-0.4, -0.2) is 41.6 Å². The number of nitrogens with one attached hydrogen (secondary N) is 2. The summed E-state index contributed by atoms with van der Waals surface area (Å²) in [6, 6.07) is 4.34. The zero-order valence-corrected chi connectivity index (χ0v) is 15.9. The number of amides is 1. The van der Waals surface area contributed by atoms with Crippen molar-refractivity contribution >= 4 is 15.9 Å². The van der Waals surface area contributed by atoms with Crippen LogP contribution in [0, 0.1) is 0 Å². The van der Waals surface area contributed by atoms with E-state index in [-0.39, 0.29) is 23.8 Å². The average Bonchev–Trinajstić information content (AvgIpc) is 2.60. The fraction of sp³-hybridized carbons (Fsp3) is 0.588. The van der Waals surface area contributed by atoms with Crippen LogP contribution >= 0.6 is 0 Å². The fourth-order valence-electron chi connectivity index (χ4n) is 2.23. The molecule has 8 heteroatoms. The molecule has 2 N–H and O–H groups in total. The van der Waals surface area contributed by atoms with Crippen LogP contribution in [0.1, 0.15) is 39.0 Å². The van der Waals surface area contributed by atoms with E-state index in [2.05, 4.69) is 17.0 Å². The Hall–Kier alpha value is -1.80. The number of hydrogen-bond acceptors (Lipinski definition) is 5. The quantitative estimate of drug-likeness (QED) is 0.548. The van der Waals surface area contributed by atoms with Crippen molar-refractivity contribution in [2.45, 2.75) is 43.9 Å². The lowest BCUT2D eigenvalue weighted by atomic mass is 10.2. The van der Waals surface area contributed by atoms with Crippen molar-refractivity contribution in [3.05, 3.63) is 18.2 Å². The molecule has 0 aliphatic heterocycles. The monoisotopic (exact) mass is 372 g/mol. The molecule has 0 radical (unpaired) electrons. The first-order valence-corrected chi connectivity index (χ1v) is 9.91. The molecular formula is C17H28N2O5S. The number of hydrogen-bond donors (Lipinski definition) is 2. The largest absolute Gasteiger partial charge is 0.493 e. The summed E-state index contributed by atoms with van der Waals surface area (Å²) in [6.07, 6.45) is 4.42. The van der Waals surface area contributed by atoms with Gasteiger partial charge in [-0.15, -0.1) is 0 Å². The first-order valence-electron chi connectivity index (χ1n) is 8.43. The van der Waals surface area contributed by atoms with Gasteiger partial charge in [0.1, 0.15) is 0 Å². The van der Waals surface area contributed by atoms with Crippen molar-refractivity contribution in [3.63, 3.8) is 0 Å². The maximum absolute atomic E-state index is 12.3. The van der Waals surface area contributed by atoms with E-state index >= 15 is 0 Å². The molecule has 0 aliphatic carbocycles. The Morgan fingerprint density at radius 1 is 1.04 bits per heavy atom. The molecule has 1 rings (SSSR count). The second-order valence-corrected chi connectivity index (χ2v) is 7.34. The van der Waals surface area contributed by atoms with Crippen molar-refractivity contribution in [1.29, 1.82) is 0 Å². The Bertz CT molecular complexity index is 646. The van der Waals surface area contributed by atoms with Gasteiger partial charge in [-0.25, -0.2) is 13.1 Å². The third kappa shape index (κ3) is 7.31. The minimum Gasteiger partial charge on any atom is -0.493 e. The summed E-state index contributed by atoms with van der Waals surface area (Å²) in [4.78, 5) is 11.8. The maximum Gasteiger partial charge on any atom is 0.240 e. The van der Waals surface area contributed by atoms with Gasteiger partial charge < -0.3 is 14.8 Å². The number of unbranched alkanes of at least 4 members (excludes halogenated alkanes) is 3. The highest BCUT2D eigenvalue weighted by Gasteiger charge is 2.17. The van der Waals surface area contributed by atoms with E-state index in [1.807, 2.05) is 0 Å². The van der Waals surface area contributed by atoms with Gasteiger partial charge in [0.05, 0.1) is 19.1 Å². The fourth-order valence-corrected chi connectivity index (χ4v) is 3.28. The van der Waals surface area contributed by atoms with E-state index in [0.717, 1.165) is 25.7 Å². The lowest BCUT2D eigenvalue weighted by molar-refractivity contribution is -0.120. The molecule has 0 aliphatic rings. The van der Waals surface area contributed by atoms with E-state index in [4.69, 9.17) is 9.47 Å². The molecule has 0 spiro atoms. The molecule has 0 saturated carbocycles. The molecule has 0 atom stereocenters. The average molecular weight is 372 g/mol. The summed E-state index contributed by atoms with van der Waals surface area (Å²) in [5, 5.41) is 2.79. The van der Waals surface area contributed by atoms with Crippen LogP contribution in [0.5, 0.6) is 11.5 Å². The zero-order valence-electron chi connectivity index (χ0n) is 15.1. The van der Waals surface area contributed by atoms with Crippen LogP contribution in [0.3, 0.4) is 0 Å². The predicted molar refractivity (Wildman–Crippen MR) is 96.5 cm³/mol. The van der Waals surface area contributed by atoms with Gasteiger partial charge in [-0.1, -0.05) is 26.2 Å². The van der Waals surface area contributed by atoms with Crippen LogP contribution in [0.15, 0.2) is 23.1 Å². The second kappa shape index (κ2) is 10.9. The highest BCUT2D eigenvalue weighted by atomic mass is 32.2. The molecular weight excluding hydrogens is 344 g/mol. The van der Waals surface area contributed by atoms with E-state index < -0.39 is 10.0 Å². The van der Waals surface area contributed by atoms with E-state index in [9.17, 15) is 13.2 Å². The first kappa shape index (κ1) is 21.2. The SMILES string of the molecule is CCCCCCNC(=O)CCNS(=O)(=O)c1ccc(OC)c(OC)c1. The van der Waals surface area contributed by atoms with Crippen molar-refractivity contribution in [2.75, 3.05) is 27.3 Å². The van der Waals surface area contributed by atoms with Gasteiger partial charge in [-0.05, 0) is 18.6 Å². The molecule has 0 heterocycles. The minimum absolute atomic E-state index is 0.0392. The third-order valence-electron chi connectivity index (χ3n) is 3.66. The topological polar surface area (TPSA) is 93.7 Å². The normalized spacial score (nSPS) is 11.2. The Balaban J connectivity index is 2.47. The number of rotatable bonds is 12. The lowest BCUT2D eigenvalue weighted by Gasteiger charge is -2.11. The molecule has 0 aromatic heterocycles. The van der Waals surface area contributed by atoms with Crippen molar-refractivity contribution in [2.24, 2.45) is 0 Å². The summed E-state index contributed by atoms with van der Waals surface area (Å²) in [5.74, 6) is 0.616. The second-order valence-electron chi connectivity index (χ2n) is 5.58. The maximum atomic E-state index is 12.3. The van der Waals surface area contributed by atoms with Gasteiger partial charge in [-0.2, -0.15) is 0 Å². The summed E-state index contributed by atoms with van der Waals surface area (Å²) in [6.45, 7) is 2.79. The molecule has 7 nitrogen and oxygen atoms in total. The summed E-state index contributed by atoms with van der Waals surface area (Å²) in [5.41, 5.74) is 0. The van der Waals surface area contributed by atoms with Gasteiger partial charge in [0.25, 0.3) is 0 Å². The van der Waals surface area contributed by atoms with Crippen molar-refractivity contribution in [1.82, 2.24) is 10.0 Å². The molecule has 142 valence electrons. The van der Waals surface area contributed by atoms with Crippen molar-refractivity contribution in [3.8, 4) is 11.5 Å². The van der Waals surface area contributed by atoms with Gasteiger partial charge >= 0.3 is 0 Å². The number of methoxy groups -OCH3 is 2. The van der Waals surface area contributed by atoms with Crippen LogP contribution in [0.25, 0.3) is 0 Å². The minimum atomic E-state index is -3.71. The van der Waals surface area contributed by atoms with Gasteiger partial charge in [0.15, 0.2) is 11.5 Å². The number of carbonyl (C=O) groups excluding carboxylic acids is 1. The van der Waals surface area contributed by atoms with Crippen molar-refractivity contribution < 1.29 is 22.7 Å². The van der Waals surface area contributed by atoms with Crippen LogP contribution < -0.4 is 19.5 Å². The molecule has 0 unspecified atom stereocenters. The summed E-state index contributed by atoms with van der Waals surface area (Å²) >= 11 is 0. The molecule has 0 fully saturated rings. The molecule has 1 aromatic rings. The number of ether oxygens (including phenoxy) is 2. The highest BCUT2D eigenvalue weighted by Crippen LogP contribution is 2.29. The van der Waals surface area contributed by atoms with Gasteiger partial charge in [-0.3, -0.25) is 4.79 Å². The molecule has 0 saturated heterocycles. The van der Waals surface area contributed by atoms with E-state index in [0.29, 0.717) is 18.0 Å². The lowest BCUT2D eigenvalue weighted by Crippen LogP contribution is -2.31. The van der Waals surface area contributed by atoms with Crippen LogP contribution in [0.4, 0.5) is 0 Å². The number of carbonyl (C=O) groups is 1. The van der Waals surface area contributed by atoms with Gasteiger partial charge in [0, 0.05) is 25.6 Å². The van der Waals surface area contributed by atoms with E-state index in [1.54, 1.807) is 0 Å².